The van der Waals surface area contributed by atoms with Gasteiger partial charge >= 0.3 is 0 Å². The fraction of sp³-hybridized carbons (Fsp3) is 1.00. The lowest BCUT2D eigenvalue weighted by Crippen LogP contribution is -2.48. The predicted octanol–water partition coefficient (Wildman–Crippen LogP) is -0.655. The van der Waals surface area contributed by atoms with Crippen LogP contribution >= 0.6 is 0 Å². The van der Waals surface area contributed by atoms with Crippen molar-refractivity contribution in [2.45, 2.75) is 31.5 Å². The van der Waals surface area contributed by atoms with Crippen LogP contribution in [-0.2, 0) is 0 Å². The van der Waals surface area contributed by atoms with Crippen molar-refractivity contribution in [2.75, 3.05) is 53.4 Å². The molecule has 5 heteroatoms. The Labute approximate surface area is 111 Å². The maximum atomic E-state index is 10.1. The number of hydrogen-bond acceptors (Lipinski definition) is 5. The van der Waals surface area contributed by atoms with Gasteiger partial charge in [0.15, 0.2) is 0 Å². The number of hydrogen-bond donors (Lipinski definition) is 3. The third-order valence-corrected chi connectivity index (χ3v) is 3.21. The molecule has 0 bridgehead atoms. The number of nitrogens with one attached hydrogen (secondary N) is 1. The zero-order chi connectivity index (χ0) is 13.6. The molecule has 1 rings (SSSR count). The minimum Gasteiger partial charge on any atom is -0.390 e. The second kappa shape index (κ2) is 7.40. The molecule has 1 fully saturated rings. The molecule has 1 heterocycles. The monoisotopic (exact) mass is 259 g/mol. The molecule has 2 atom stereocenters. The lowest BCUT2D eigenvalue weighted by molar-refractivity contribution is 0.0296. The summed E-state index contributed by atoms with van der Waals surface area (Å²) < 4.78 is 0. The van der Waals surface area contributed by atoms with E-state index in [0.717, 1.165) is 19.6 Å². The molecule has 0 spiro atoms. The van der Waals surface area contributed by atoms with Crippen LogP contribution in [0.25, 0.3) is 0 Å². The average molecular weight is 259 g/mol. The smallest absolute Gasteiger partial charge is 0.0869 e. The highest BCUT2D eigenvalue weighted by Gasteiger charge is 2.21. The Morgan fingerprint density at radius 2 is 1.94 bits per heavy atom. The molecule has 0 aliphatic carbocycles. The topological polar surface area (TPSA) is 59.0 Å². The molecule has 18 heavy (non-hydrogen) atoms. The van der Waals surface area contributed by atoms with Crippen molar-refractivity contribution < 1.29 is 10.2 Å². The van der Waals surface area contributed by atoms with Crippen molar-refractivity contribution >= 4 is 0 Å². The molecule has 5 nitrogen and oxygen atoms in total. The normalized spacial score (nSPS) is 22.3. The van der Waals surface area contributed by atoms with Crippen LogP contribution in [0.1, 0.15) is 19.8 Å². The Morgan fingerprint density at radius 1 is 1.33 bits per heavy atom. The van der Waals surface area contributed by atoms with Crippen LogP contribution in [0.4, 0.5) is 0 Å². The van der Waals surface area contributed by atoms with Crippen LogP contribution < -0.4 is 5.32 Å². The standard InChI is InChI=1S/C13H29N3O2/c1-13(18,11-15(2)3)10-14-8-12(17)9-16-6-4-5-7-16/h12,14,17-18H,4-11H2,1-3H3. The molecule has 108 valence electrons. The molecule has 0 aromatic carbocycles. The van der Waals surface area contributed by atoms with Gasteiger partial charge in [-0.05, 0) is 47.0 Å². The number of aliphatic hydroxyl groups excluding tert-OH is 1. The largest absolute Gasteiger partial charge is 0.390 e. The van der Waals surface area contributed by atoms with Gasteiger partial charge in [-0.25, -0.2) is 0 Å². The van der Waals surface area contributed by atoms with Crippen LogP contribution in [0, 0.1) is 0 Å². The molecule has 2 unspecified atom stereocenters. The fourth-order valence-corrected chi connectivity index (χ4v) is 2.57. The predicted molar refractivity (Wildman–Crippen MR) is 73.7 cm³/mol. The number of likely N-dealkylation sites (N-methyl/N-ethyl adjacent to an activating group) is 1. The van der Waals surface area contributed by atoms with Crippen molar-refractivity contribution in [2.24, 2.45) is 0 Å². The van der Waals surface area contributed by atoms with E-state index in [1.54, 1.807) is 0 Å². The highest BCUT2D eigenvalue weighted by molar-refractivity contribution is 4.79. The summed E-state index contributed by atoms with van der Waals surface area (Å²) in [5.74, 6) is 0. The van der Waals surface area contributed by atoms with Gasteiger partial charge in [0.25, 0.3) is 0 Å². The van der Waals surface area contributed by atoms with E-state index < -0.39 is 5.60 Å². The Balaban J connectivity index is 2.12. The molecular formula is C13H29N3O2. The van der Waals surface area contributed by atoms with Crippen molar-refractivity contribution in [1.82, 2.24) is 15.1 Å². The molecule has 0 saturated carbocycles. The van der Waals surface area contributed by atoms with Crippen LogP contribution in [0.15, 0.2) is 0 Å². The van der Waals surface area contributed by atoms with E-state index in [2.05, 4.69) is 10.2 Å². The van der Waals surface area contributed by atoms with E-state index in [1.165, 1.54) is 12.8 Å². The molecule has 1 aliphatic heterocycles. The molecule has 0 radical (unpaired) electrons. The minimum absolute atomic E-state index is 0.349. The average Bonchev–Trinajstić information content (AvgIpc) is 2.67. The van der Waals surface area contributed by atoms with Crippen LogP contribution in [-0.4, -0.2) is 85.1 Å². The van der Waals surface area contributed by atoms with Crippen molar-refractivity contribution in [3.05, 3.63) is 0 Å². The highest BCUT2D eigenvalue weighted by Crippen LogP contribution is 2.07. The summed E-state index contributed by atoms with van der Waals surface area (Å²) >= 11 is 0. The van der Waals surface area contributed by atoms with E-state index in [1.807, 2.05) is 25.9 Å². The fourth-order valence-electron chi connectivity index (χ4n) is 2.57. The van der Waals surface area contributed by atoms with Crippen LogP contribution in [0.5, 0.6) is 0 Å². The molecule has 0 aromatic heterocycles. The third-order valence-electron chi connectivity index (χ3n) is 3.21. The minimum atomic E-state index is -0.753. The quantitative estimate of drug-likeness (QED) is 0.540. The molecule has 3 N–H and O–H groups in total. The Kier molecular flexibility index (Phi) is 6.52. The van der Waals surface area contributed by atoms with Crippen molar-refractivity contribution in [3.63, 3.8) is 0 Å². The zero-order valence-electron chi connectivity index (χ0n) is 12.0. The van der Waals surface area contributed by atoms with Gasteiger partial charge in [0.1, 0.15) is 0 Å². The van der Waals surface area contributed by atoms with Gasteiger partial charge < -0.3 is 25.3 Å². The van der Waals surface area contributed by atoms with Gasteiger partial charge in [-0.2, -0.15) is 0 Å². The molecule has 1 aliphatic rings. The number of rotatable bonds is 8. The molecule has 1 saturated heterocycles. The van der Waals surface area contributed by atoms with E-state index in [0.29, 0.717) is 19.6 Å². The number of likely N-dealkylation sites (tertiary alicyclic amines) is 1. The highest BCUT2D eigenvalue weighted by atomic mass is 16.3. The summed E-state index contributed by atoms with van der Waals surface area (Å²) in [5, 5.41) is 23.1. The first-order chi connectivity index (χ1) is 8.39. The molecule has 0 amide bonds. The number of aliphatic hydroxyl groups is 2. The number of β-amino-alcohol motifs (C(OH)–C–C–N with tert-alkyl or cyclic N) is 1. The lowest BCUT2D eigenvalue weighted by atomic mass is 10.1. The zero-order valence-corrected chi connectivity index (χ0v) is 12.0. The summed E-state index contributed by atoms with van der Waals surface area (Å²) in [6, 6.07) is 0. The summed E-state index contributed by atoms with van der Waals surface area (Å²) in [7, 11) is 3.88. The third kappa shape index (κ3) is 6.66. The van der Waals surface area contributed by atoms with Gasteiger partial charge in [0.05, 0.1) is 11.7 Å². The first kappa shape index (κ1) is 15.9. The van der Waals surface area contributed by atoms with Crippen LogP contribution in [0.3, 0.4) is 0 Å². The summed E-state index contributed by atoms with van der Waals surface area (Å²) in [5.41, 5.74) is -0.753. The Bertz CT molecular complexity index is 228. The van der Waals surface area contributed by atoms with E-state index in [4.69, 9.17) is 0 Å². The Hall–Kier alpha value is -0.200. The van der Waals surface area contributed by atoms with E-state index >= 15 is 0 Å². The van der Waals surface area contributed by atoms with Gasteiger partial charge in [-0.15, -0.1) is 0 Å². The molecule has 0 aromatic rings. The van der Waals surface area contributed by atoms with E-state index in [-0.39, 0.29) is 6.10 Å². The summed E-state index contributed by atoms with van der Waals surface area (Å²) in [6.45, 7) is 6.42. The summed E-state index contributed by atoms with van der Waals surface area (Å²) in [4.78, 5) is 4.26. The van der Waals surface area contributed by atoms with Gasteiger partial charge in [0, 0.05) is 26.2 Å². The second-order valence-electron chi connectivity index (χ2n) is 6.03. The lowest BCUT2D eigenvalue weighted by Gasteiger charge is -2.28. The maximum Gasteiger partial charge on any atom is 0.0869 e. The SMILES string of the molecule is CN(C)CC(C)(O)CNCC(O)CN1CCCC1. The Morgan fingerprint density at radius 3 is 2.50 bits per heavy atom. The van der Waals surface area contributed by atoms with E-state index in [9.17, 15) is 10.2 Å². The van der Waals surface area contributed by atoms with Crippen molar-refractivity contribution in [3.8, 4) is 0 Å². The van der Waals surface area contributed by atoms with Crippen LogP contribution in [0.2, 0.25) is 0 Å². The van der Waals surface area contributed by atoms with Gasteiger partial charge in [-0.1, -0.05) is 0 Å². The van der Waals surface area contributed by atoms with Gasteiger partial charge in [0.2, 0.25) is 0 Å². The van der Waals surface area contributed by atoms with Gasteiger partial charge in [-0.3, -0.25) is 0 Å². The first-order valence-corrected chi connectivity index (χ1v) is 6.87. The molecular weight excluding hydrogens is 230 g/mol. The number of nitrogens with zero attached hydrogens (tertiary/aromatic N) is 2. The first-order valence-electron chi connectivity index (χ1n) is 6.87. The maximum absolute atomic E-state index is 10.1. The summed E-state index contributed by atoms with van der Waals surface area (Å²) in [6.07, 6.45) is 2.15. The second-order valence-corrected chi connectivity index (χ2v) is 6.03. The van der Waals surface area contributed by atoms with Crippen molar-refractivity contribution in [1.29, 1.82) is 0 Å².